The number of carbonyl (C=O) groups is 2. The number of nitrogens with one attached hydrogen (secondary N) is 2. The predicted octanol–water partition coefficient (Wildman–Crippen LogP) is 2.09. The second-order valence-corrected chi connectivity index (χ2v) is 8.30. The SMILES string of the molecule is CNC(=O)Cc1nc(C2(c3ccccc3F)CC2(C)C)n(CCc2cnc[nH]2)n1.O=CO. The van der Waals surface area contributed by atoms with Crippen molar-refractivity contribution in [3.05, 3.63) is 65.5 Å². The quantitative estimate of drug-likeness (QED) is 0.481. The number of likely N-dealkylation sites (N-methyl/N-ethyl adjacent to an activating group) is 1. The Morgan fingerprint density at radius 2 is 2.06 bits per heavy atom. The maximum atomic E-state index is 14.8. The third kappa shape index (κ3) is 4.39. The highest BCUT2D eigenvalue weighted by molar-refractivity contribution is 5.77. The lowest BCUT2D eigenvalue weighted by Crippen LogP contribution is -2.24. The van der Waals surface area contributed by atoms with E-state index in [0.29, 0.717) is 30.2 Å². The van der Waals surface area contributed by atoms with Crippen molar-refractivity contribution < 1.29 is 19.1 Å². The summed E-state index contributed by atoms with van der Waals surface area (Å²) in [5.41, 5.74) is 0.874. The highest BCUT2D eigenvalue weighted by Crippen LogP contribution is 2.67. The summed E-state index contributed by atoms with van der Waals surface area (Å²) < 4.78 is 16.7. The average Bonchev–Trinajstić information content (AvgIpc) is 3.15. The van der Waals surface area contributed by atoms with Crippen molar-refractivity contribution in [2.24, 2.45) is 5.41 Å². The molecule has 1 saturated carbocycles. The van der Waals surface area contributed by atoms with Gasteiger partial charge in [-0.25, -0.2) is 19.0 Å². The number of hydrogen-bond acceptors (Lipinski definition) is 5. The fraction of sp³-hybridized carbons (Fsp3) is 0.409. The lowest BCUT2D eigenvalue weighted by atomic mass is 9.86. The lowest BCUT2D eigenvalue weighted by molar-refractivity contribution is -0.123. The second kappa shape index (κ2) is 9.29. The standard InChI is InChI=1S/C21H25FN6O.CH2O2/c1-20(2)12-21(20,15-6-4-5-7-16(15)22)19-26-17(10-18(29)23-3)27-28(19)9-8-14-11-24-13-25-14;2-1-3/h4-7,11,13H,8-10,12H2,1-3H3,(H,23,29)(H,24,25);1H,(H,2,3). The van der Waals surface area contributed by atoms with E-state index in [9.17, 15) is 9.18 Å². The molecule has 3 N–H and O–H groups in total. The van der Waals surface area contributed by atoms with Gasteiger partial charge in [-0.3, -0.25) is 9.59 Å². The number of aromatic nitrogens is 5. The number of aromatic amines is 1. The number of amides is 1. The molecule has 1 aliphatic carbocycles. The van der Waals surface area contributed by atoms with Crippen LogP contribution < -0.4 is 5.32 Å². The van der Waals surface area contributed by atoms with Crippen molar-refractivity contribution in [3.8, 4) is 0 Å². The van der Waals surface area contributed by atoms with Crippen molar-refractivity contribution in [1.29, 1.82) is 0 Å². The Labute approximate surface area is 185 Å². The first-order valence-electron chi connectivity index (χ1n) is 10.2. The van der Waals surface area contributed by atoms with Gasteiger partial charge in [0.15, 0.2) is 5.82 Å². The molecule has 1 aromatic carbocycles. The van der Waals surface area contributed by atoms with Gasteiger partial charge >= 0.3 is 0 Å². The number of nitrogens with zero attached hydrogens (tertiary/aromatic N) is 4. The zero-order chi connectivity index (χ0) is 23.4. The zero-order valence-corrected chi connectivity index (χ0v) is 18.3. The summed E-state index contributed by atoms with van der Waals surface area (Å²) in [4.78, 5) is 32.1. The minimum atomic E-state index is -0.569. The van der Waals surface area contributed by atoms with Gasteiger partial charge in [-0.2, -0.15) is 5.10 Å². The Kier molecular flexibility index (Phi) is 6.71. The highest BCUT2D eigenvalue weighted by atomic mass is 19.1. The van der Waals surface area contributed by atoms with Crippen molar-refractivity contribution >= 4 is 12.4 Å². The summed E-state index contributed by atoms with van der Waals surface area (Å²) in [5, 5.41) is 14.1. The predicted molar refractivity (Wildman–Crippen MR) is 114 cm³/mol. The van der Waals surface area contributed by atoms with Crippen LogP contribution in [-0.4, -0.2) is 49.3 Å². The number of imidazole rings is 1. The third-order valence-corrected chi connectivity index (χ3v) is 5.91. The fourth-order valence-electron chi connectivity index (χ4n) is 4.20. The third-order valence-electron chi connectivity index (χ3n) is 5.91. The number of carbonyl (C=O) groups excluding carboxylic acids is 1. The highest BCUT2D eigenvalue weighted by Gasteiger charge is 2.66. The van der Waals surface area contributed by atoms with E-state index in [1.165, 1.54) is 6.07 Å². The molecule has 10 heteroatoms. The molecular weight excluding hydrogens is 415 g/mol. The van der Waals surface area contributed by atoms with Crippen LogP contribution in [0.4, 0.5) is 4.39 Å². The lowest BCUT2D eigenvalue weighted by Gasteiger charge is -2.22. The second-order valence-electron chi connectivity index (χ2n) is 8.30. The molecule has 0 spiro atoms. The van der Waals surface area contributed by atoms with Crippen LogP contribution in [0.15, 0.2) is 36.8 Å². The molecule has 0 radical (unpaired) electrons. The maximum Gasteiger partial charge on any atom is 0.290 e. The maximum absolute atomic E-state index is 14.8. The van der Waals surface area contributed by atoms with E-state index in [1.807, 2.05) is 16.8 Å². The molecule has 1 atom stereocenters. The van der Waals surface area contributed by atoms with E-state index in [4.69, 9.17) is 14.9 Å². The molecule has 0 aliphatic heterocycles. The van der Waals surface area contributed by atoms with Crippen LogP contribution in [-0.2, 0) is 34.4 Å². The first kappa shape index (κ1) is 23.1. The summed E-state index contributed by atoms with van der Waals surface area (Å²) in [6.07, 6.45) is 4.95. The summed E-state index contributed by atoms with van der Waals surface area (Å²) >= 11 is 0. The summed E-state index contributed by atoms with van der Waals surface area (Å²) in [6, 6.07) is 6.87. The number of benzene rings is 1. The van der Waals surface area contributed by atoms with Crippen molar-refractivity contribution in [2.75, 3.05) is 7.05 Å². The Hall–Kier alpha value is -3.56. The van der Waals surface area contributed by atoms with Gasteiger partial charge in [0.05, 0.1) is 18.2 Å². The van der Waals surface area contributed by atoms with E-state index in [2.05, 4.69) is 34.2 Å². The van der Waals surface area contributed by atoms with Crippen molar-refractivity contribution in [1.82, 2.24) is 30.0 Å². The van der Waals surface area contributed by atoms with Gasteiger partial charge in [0.1, 0.15) is 11.6 Å². The van der Waals surface area contributed by atoms with Crippen LogP contribution in [0.3, 0.4) is 0 Å². The van der Waals surface area contributed by atoms with Gasteiger partial charge in [0.2, 0.25) is 5.91 Å². The number of aryl methyl sites for hydroxylation is 2. The number of rotatable bonds is 7. The molecule has 170 valence electrons. The van der Waals surface area contributed by atoms with Crippen molar-refractivity contribution in [3.63, 3.8) is 0 Å². The first-order chi connectivity index (χ1) is 15.3. The molecule has 32 heavy (non-hydrogen) atoms. The minimum absolute atomic E-state index is 0.0916. The molecule has 9 nitrogen and oxygen atoms in total. The molecule has 0 bridgehead atoms. The van der Waals surface area contributed by atoms with Gasteiger partial charge in [-0.15, -0.1) is 0 Å². The fourth-order valence-corrected chi connectivity index (χ4v) is 4.20. The molecule has 2 heterocycles. The van der Waals surface area contributed by atoms with Gasteiger partial charge in [-0.05, 0) is 17.9 Å². The van der Waals surface area contributed by atoms with Crippen LogP contribution in [0.1, 0.15) is 43.2 Å². The Morgan fingerprint density at radius 1 is 1.38 bits per heavy atom. The summed E-state index contributed by atoms with van der Waals surface area (Å²) in [5.74, 6) is 0.764. The van der Waals surface area contributed by atoms with Crippen molar-refractivity contribution in [2.45, 2.75) is 45.1 Å². The molecule has 3 aromatic rings. The summed E-state index contributed by atoms with van der Waals surface area (Å²) in [6.45, 7) is 4.54. The van der Waals surface area contributed by atoms with E-state index in [1.54, 1.807) is 25.6 Å². The molecule has 2 aromatic heterocycles. The van der Waals surface area contributed by atoms with Crippen LogP contribution in [0.25, 0.3) is 0 Å². The first-order valence-corrected chi connectivity index (χ1v) is 10.2. The number of H-pyrrole nitrogens is 1. The number of halogens is 1. The van der Waals surface area contributed by atoms with Crippen LogP contribution in [0, 0.1) is 11.2 Å². The smallest absolute Gasteiger partial charge is 0.290 e. The summed E-state index contributed by atoms with van der Waals surface area (Å²) in [7, 11) is 1.59. The van der Waals surface area contributed by atoms with E-state index >= 15 is 0 Å². The molecule has 1 aliphatic rings. The molecule has 1 fully saturated rings. The Morgan fingerprint density at radius 3 is 2.62 bits per heavy atom. The van der Waals surface area contributed by atoms with Crippen LogP contribution in [0.5, 0.6) is 0 Å². The number of hydrogen-bond donors (Lipinski definition) is 3. The van der Waals surface area contributed by atoms with E-state index in [0.717, 1.165) is 12.1 Å². The minimum Gasteiger partial charge on any atom is -0.483 e. The number of carboxylic acid groups (broad SMARTS) is 1. The molecule has 1 amide bonds. The Balaban J connectivity index is 0.000000913. The van der Waals surface area contributed by atoms with Gasteiger partial charge < -0.3 is 15.4 Å². The van der Waals surface area contributed by atoms with Gasteiger partial charge in [-0.1, -0.05) is 32.0 Å². The largest absolute Gasteiger partial charge is 0.483 e. The van der Waals surface area contributed by atoms with E-state index < -0.39 is 5.41 Å². The zero-order valence-electron chi connectivity index (χ0n) is 18.3. The van der Waals surface area contributed by atoms with E-state index in [-0.39, 0.29) is 30.0 Å². The average molecular weight is 442 g/mol. The molecular formula is C22H27FN6O3. The Bertz CT molecular complexity index is 1080. The molecule has 1 unspecified atom stereocenters. The molecule has 0 saturated heterocycles. The van der Waals surface area contributed by atoms with Crippen LogP contribution >= 0.6 is 0 Å². The van der Waals surface area contributed by atoms with Gasteiger partial charge in [0.25, 0.3) is 6.47 Å². The van der Waals surface area contributed by atoms with Crippen LogP contribution in [0.2, 0.25) is 0 Å². The molecule has 4 rings (SSSR count). The van der Waals surface area contributed by atoms with Gasteiger partial charge in [0, 0.05) is 37.5 Å². The monoisotopic (exact) mass is 442 g/mol. The topological polar surface area (TPSA) is 126 Å². The normalized spacial score (nSPS) is 18.4.